The molecule has 0 amide bonds. The Morgan fingerprint density at radius 1 is 1.05 bits per heavy atom. The first kappa shape index (κ1) is 16.5. The first-order chi connectivity index (χ1) is 9.72. The second-order valence-corrected chi connectivity index (χ2v) is 6.25. The molecule has 0 bridgehead atoms. The third-order valence-corrected chi connectivity index (χ3v) is 4.24. The van der Waals surface area contributed by atoms with Crippen molar-refractivity contribution in [3.63, 3.8) is 0 Å². The highest BCUT2D eigenvalue weighted by Gasteiger charge is 2.27. The lowest BCUT2D eigenvalue weighted by molar-refractivity contribution is 0.485. The van der Waals surface area contributed by atoms with Crippen LogP contribution in [0.4, 0.5) is 8.78 Å². The molecule has 0 radical (unpaired) electrons. The van der Waals surface area contributed by atoms with Gasteiger partial charge in [-0.15, -0.1) is 0 Å². The van der Waals surface area contributed by atoms with Crippen molar-refractivity contribution in [3.8, 4) is 0 Å². The van der Waals surface area contributed by atoms with Gasteiger partial charge in [-0.05, 0) is 42.7 Å². The van der Waals surface area contributed by atoms with Crippen LogP contribution in [-0.4, -0.2) is 0 Å². The molecule has 1 atom stereocenters. The minimum Gasteiger partial charge on any atom is -0.321 e. The monoisotopic (exact) mass is 349 g/mol. The topological polar surface area (TPSA) is 26.0 Å². The van der Waals surface area contributed by atoms with Gasteiger partial charge in [0.2, 0.25) is 0 Å². The van der Waals surface area contributed by atoms with Crippen LogP contribution in [0.2, 0.25) is 15.1 Å². The van der Waals surface area contributed by atoms with Gasteiger partial charge in [-0.2, -0.15) is 0 Å². The van der Waals surface area contributed by atoms with Crippen molar-refractivity contribution < 1.29 is 8.78 Å². The molecule has 0 aliphatic heterocycles. The van der Waals surface area contributed by atoms with Crippen LogP contribution in [-0.2, 0) is 12.0 Å². The van der Waals surface area contributed by atoms with Gasteiger partial charge in [-0.3, -0.25) is 0 Å². The van der Waals surface area contributed by atoms with Crippen LogP contribution >= 0.6 is 34.8 Å². The quantitative estimate of drug-likeness (QED) is 0.743. The van der Waals surface area contributed by atoms with Gasteiger partial charge < -0.3 is 5.73 Å². The summed E-state index contributed by atoms with van der Waals surface area (Å²) < 4.78 is 27.1. The van der Waals surface area contributed by atoms with E-state index < -0.39 is 17.2 Å². The largest absolute Gasteiger partial charge is 0.321 e. The number of halogens is 5. The number of benzene rings is 2. The van der Waals surface area contributed by atoms with Crippen molar-refractivity contribution in [2.45, 2.75) is 18.9 Å². The Balaban J connectivity index is 2.43. The molecule has 1 nitrogen and oxygen atoms in total. The maximum atomic E-state index is 13.6. The van der Waals surface area contributed by atoms with Crippen LogP contribution in [0, 0.1) is 11.6 Å². The molecule has 6 heteroatoms. The van der Waals surface area contributed by atoms with Gasteiger partial charge in [0.25, 0.3) is 0 Å². The Labute approximate surface area is 136 Å². The van der Waals surface area contributed by atoms with Crippen LogP contribution in [0.15, 0.2) is 30.3 Å². The molecule has 2 rings (SSSR count). The zero-order valence-corrected chi connectivity index (χ0v) is 13.3. The Bertz CT molecular complexity index is 687. The molecule has 2 aromatic carbocycles. The maximum absolute atomic E-state index is 13.6. The van der Waals surface area contributed by atoms with Crippen molar-refractivity contribution in [2.75, 3.05) is 0 Å². The SMILES string of the molecule is CC(N)(Cc1cccc(F)c1Cl)c1cc(F)c(Cl)cc1Cl. The van der Waals surface area contributed by atoms with E-state index in [-0.39, 0.29) is 21.5 Å². The number of hydrogen-bond acceptors (Lipinski definition) is 1. The highest BCUT2D eigenvalue weighted by Crippen LogP contribution is 2.34. The summed E-state index contributed by atoms with van der Waals surface area (Å²) in [4.78, 5) is 0. The summed E-state index contributed by atoms with van der Waals surface area (Å²) in [6, 6.07) is 6.95. The minimum atomic E-state index is -1.03. The number of rotatable bonds is 3. The molecule has 112 valence electrons. The normalized spacial score (nSPS) is 14.0. The van der Waals surface area contributed by atoms with Gasteiger partial charge in [-0.1, -0.05) is 46.9 Å². The Morgan fingerprint density at radius 2 is 1.71 bits per heavy atom. The van der Waals surface area contributed by atoms with Gasteiger partial charge in [0.05, 0.1) is 10.0 Å². The fourth-order valence-electron chi connectivity index (χ4n) is 2.14. The standard InChI is InChI=1S/C15H12Cl3F2N/c1-15(21,7-8-3-2-4-12(19)14(8)18)9-5-13(20)11(17)6-10(9)16/h2-6H,7,21H2,1H3. The molecule has 0 saturated heterocycles. The van der Waals surface area contributed by atoms with E-state index in [1.54, 1.807) is 13.0 Å². The summed E-state index contributed by atoms with van der Waals surface area (Å²) in [7, 11) is 0. The molecule has 2 N–H and O–H groups in total. The van der Waals surface area contributed by atoms with Crippen molar-refractivity contribution >= 4 is 34.8 Å². The van der Waals surface area contributed by atoms with Crippen LogP contribution in [0.25, 0.3) is 0 Å². The molecular formula is C15H12Cl3F2N. The van der Waals surface area contributed by atoms with Gasteiger partial charge in [0.15, 0.2) is 0 Å². The summed E-state index contributed by atoms with van der Waals surface area (Å²) in [5.74, 6) is -1.14. The van der Waals surface area contributed by atoms with E-state index in [2.05, 4.69) is 0 Å². The third kappa shape index (κ3) is 3.49. The average molecular weight is 351 g/mol. The summed E-state index contributed by atoms with van der Waals surface area (Å²) in [5, 5.41) is 0.169. The van der Waals surface area contributed by atoms with Crippen molar-refractivity contribution in [1.82, 2.24) is 0 Å². The zero-order chi connectivity index (χ0) is 15.8. The van der Waals surface area contributed by atoms with E-state index in [0.29, 0.717) is 11.1 Å². The highest BCUT2D eigenvalue weighted by molar-refractivity contribution is 6.35. The lowest BCUT2D eigenvalue weighted by Gasteiger charge is -2.27. The highest BCUT2D eigenvalue weighted by atomic mass is 35.5. The van der Waals surface area contributed by atoms with Crippen LogP contribution in [0.5, 0.6) is 0 Å². The van der Waals surface area contributed by atoms with E-state index >= 15 is 0 Å². The van der Waals surface area contributed by atoms with Crippen LogP contribution in [0.3, 0.4) is 0 Å². The number of nitrogens with two attached hydrogens (primary N) is 1. The average Bonchev–Trinajstić information content (AvgIpc) is 2.39. The second kappa shape index (κ2) is 6.09. The summed E-state index contributed by atoms with van der Waals surface area (Å²) in [6.07, 6.45) is 0.199. The Morgan fingerprint density at radius 3 is 2.38 bits per heavy atom. The molecule has 2 aromatic rings. The third-order valence-electron chi connectivity index (χ3n) is 3.21. The van der Waals surface area contributed by atoms with Crippen molar-refractivity contribution in [3.05, 3.63) is 68.2 Å². The van der Waals surface area contributed by atoms with E-state index in [9.17, 15) is 8.78 Å². The summed E-state index contributed by atoms with van der Waals surface area (Å²) >= 11 is 17.7. The van der Waals surface area contributed by atoms with Crippen molar-refractivity contribution in [1.29, 1.82) is 0 Å². The predicted molar refractivity (Wildman–Crippen MR) is 83.1 cm³/mol. The van der Waals surface area contributed by atoms with Crippen molar-refractivity contribution in [2.24, 2.45) is 5.73 Å². The summed E-state index contributed by atoms with van der Waals surface area (Å²) in [6.45, 7) is 1.67. The smallest absolute Gasteiger partial charge is 0.142 e. The lowest BCUT2D eigenvalue weighted by Crippen LogP contribution is -2.36. The zero-order valence-electron chi connectivity index (χ0n) is 11.1. The molecule has 0 aliphatic rings. The molecule has 0 spiro atoms. The fraction of sp³-hybridized carbons (Fsp3) is 0.200. The van der Waals surface area contributed by atoms with E-state index in [4.69, 9.17) is 40.5 Å². The molecule has 1 unspecified atom stereocenters. The van der Waals surface area contributed by atoms with Crippen LogP contribution < -0.4 is 5.73 Å². The second-order valence-electron chi connectivity index (χ2n) is 5.05. The molecule has 0 aromatic heterocycles. The molecule has 21 heavy (non-hydrogen) atoms. The first-order valence-corrected chi connectivity index (χ1v) is 7.22. The molecule has 0 fully saturated rings. The van der Waals surface area contributed by atoms with E-state index in [0.717, 1.165) is 0 Å². The number of hydrogen-bond donors (Lipinski definition) is 1. The first-order valence-electron chi connectivity index (χ1n) is 6.09. The minimum absolute atomic E-state index is 0.000247. The van der Waals surface area contributed by atoms with Gasteiger partial charge in [-0.25, -0.2) is 8.78 Å². The van der Waals surface area contributed by atoms with E-state index in [1.165, 1.54) is 24.3 Å². The van der Waals surface area contributed by atoms with E-state index in [1.807, 2.05) is 0 Å². The van der Waals surface area contributed by atoms with Gasteiger partial charge in [0, 0.05) is 10.6 Å². The Kier molecular flexibility index (Phi) is 4.79. The molecule has 0 saturated carbocycles. The van der Waals surface area contributed by atoms with Crippen LogP contribution in [0.1, 0.15) is 18.1 Å². The fourth-order valence-corrected chi connectivity index (χ4v) is 2.93. The maximum Gasteiger partial charge on any atom is 0.142 e. The molecular weight excluding hydrogens is 339 g/mol. The van der Waals surface area contributed by atoms with Gasteiger partial charge >= 0.3 is 0 Å². The van der Waals surface area contributed by atoms with Gasteiger partial charge in [0.1, 0.15) is 11.6 Å². The lowest BCUT2D eigenvalue weighted by atomic mass is 9.86. The summed E-state index contributed by atoms with van der Waals surface area (Å²) in [5.41, 5.74) is 6.11. The molecule has 0 heterocycles. The predicted octanol–water partition coefficient (Wildman–Crippen LogP) is 5.34. The molecule has 0 aliphatic carbocycles. The Hall–Kier alpha value is -0.870.